The van der Waals surface area contributed by atoms with Gasteiger partial charge in [-0.15, -0.1) is 0 Å². The monoisotopic (exact) mass is 389 g/mol. The second-order valence-corrected chi connectivity index (χ2v) is 8.93. The molecule has 0 bridgehead atoms. The first-order valence-electron chi connectivity index (χ1n) is 9.07. The predicted molar refractivity (Wildman–Crippen MR) is 103 cm³/mol. The molecule has 1 N–H and O–H groups in total. The fourth-order valence-electron chi connectivity index (χ4n) is 4.22. The molecule has 136 valence electrons. The van der Waals surface area contributed by atoms with Gasteiger partial charge < -0.3 is 14.8 Å². The summed E-state index contributed by atoms with van der Waals surface area (Å²) in [4.78, 5) is 0. The zero-order chi connectivity index (χ0) is 17.9. The van der Waals surface area contributed by atoms with Gasteiger partial charge in [-0.1, -0.05) is 42.3 Å². The quantitative estimate of drug-likeness (QED) is 0.778. The molecule has 1 atom stereocenters. The maximum atomic E-state index is 6.20. The van der Waals surface area contributed by atoms with E-state index >= 15 is 0 Å². The predicted octanol–water partition coefficient (Wildman–Crippen LogP) is 5.02. The molecule has 2 aliphatic carbocycles. The molecule has 2 saturated carbocycles. The van der Waals surface area contributed by atoms with Gasteiger partial charge in [0, 0.05) is 33.3 Å². The van der Waals surface area contributed by atoms with Crippen LogP contribution < -0.4 is 14.8 Å². The molecule has 2 aromatic carbocycles. The number of fused-ring (bicyclic) bond motifs is 2. The van der Waals surface area contributed by atoms with Crippen LogP contribution in [0.4, 0.5) is 0 Å². The van der Waals surface area contributed by atoms with Crippen LogP contribution in [0.5, 0.6) is 11.5 Å². The van der Waals surface area contributed by atoms with Crippen molar-refractivity contribution in [3.63, 3.8) is 0 Å². The fourth-order valence-corrected chi connectivity index (χ4v) is 4.73. The molecule has 1 aliphatic heterocycles. The van der Waals surface area contributed by atoms with E-state index in [-0.39, 0.29) is 0 Å². The average Bonchev–Trinajstić information content (AvgIpc) is 3.37. The van der Waals surface area contributed by atoms with Gasteiger partial charge in [-0.25, -0.2) is 0 Å². The van der Waals surface area contributed by atoms with Gasteiger partial charge in [-0.2, -0.15) is 0 Å². The minimum absolute atomic E-state index is 0.336. The number of nitrogens with one attached hydrogen (secondary N) is 1. The van der Waals surface area contributed by atoms with Crippen LogP contribution >= 0.6 is 23.2 Å². The molecule has 0 aromatic heterocycles. The molecule has 2 aromatic rings. The Morgan fingerprint density at radius 2 is 1.92 bits per heavy atom. The number of halogens is 2. The molecule has 1 heterocycles. The summed E-state index contributed by atoms with van der Waals surface area (Å²) in [6.45, 7) is 3.42. The van der Waals surface area contributed by atoms with E-state index in [0.717, 1.165) is 23.5 Å². The summed E-state index contributed by atoms with van der Waals surface area (Å²) in [7, 11) is 0. The minimum atomic E-state index is 0.336. The molecular weight excluding hydrogens is 369 g/mol. The lowest BCUT2D eigenvalue weighted by Crippen LogP contribution is -2.43. The lowest BCUT2D eigenvalue weighted by Gasteiger charge is -2.27. The molecular formula is C21H21Cl2NO2. The van der Waals surface area contributed by atoms with Crippen LogP contribution in [0.3, 0.4) is 0 Å². The number of rotatable bonds is 5. The Labute approximate surface area is 163 Å². The van der Waals surface area contributed by atoms with Gasteiger partial charge in [0.25, 0.3) is 0 Å². The van der Waals surface area contributed by atoms with E-state index in [4.69, 9.17) is 32.7 Å². The second kappa shape index (κ2) is 5.79. The zero-order valence-electron chi connectivity index (χ0n) is 14.6. The third-order valence-corrected chi connectivity index (χ3v) is 6.87. The third-order valence-electron chi connectivity index (χ3n) is 6.16. The van der Waals surface area contributed by atoms with E-state index in [1.807, 2.05) is 30.3 Å². The van der Waals surface area contributed by atoms with Gasteiger partial charge in [0.15, 0.2) is 0 Å². The summed E-state index contributed by atoms with van der Waals surface area (Å²) in [6, 6.07) is 11.9. The highest BCUT2D eigenvalue weighted by Gasteiger charge is 2.80. The number of hydrogen-bond donors (Lipinski definition) is 1. The molecule has 2 fully saturated rings. The summed E-state index contributed by atoms with van der Waals surface area (Å²) in [5.41, 5.74) is 3.03. The Balaban J connectivity index is 1.24. The maximum absolute atomic E-state index is 6.20. The third kappa shape index (κ3) is 2.77. The van der Waals surface area contributed by atoms with E-state index in [1.165, 1.54) is 18.4 Å². The van der Waals surface area contributed by atoms with Crippen molar-refractivity contribution in [3.8, 4) is 11.5 Å². The summed E-state index contributed by atoms with van der Waals surface area (Å²) in [5, 5.41) is 5.05. The van der Waals surface area contributed by atoms with Crippen molar-refractivity contribution >= 4 is 23.2 Å². The smallest absolute Gasteiger partial charge is 0.126 e. The molecule has 1 unspecified atom stereocenters. The number of hydrogen-bond acceptors (Lipinski definition) is 3. The SMILES string of the molecule is CC12CC1(NC1COc3cc(OCc4c(Cl)cccc4Cl)ccc3C1)C2. The van der Waals surface area contributed by atoms with E-state index in [1.54, 1.807) is 0 Å². The van der Waals surface area contributed by atoms with Gasteiger partial charge in [-0.3, -0.25) is 0 Å². The highest BCUT2D eigenvalue weighted by molar-refractivity contribution is 6.35. The first kappa shape index (κ1) is 16.7. The molecule has 0 spiro atoms. The van der Waals surface area contributed by atoms with Crippen LogP contribution in [-0.4, -0.2) is 18.2 Å². The van der Waals surface area contributed by atoms with Crippen molar-refractivity contribution in [3.05, 3.63) is 57.6 Å². The van der Waals surface area contributed by atoms with Crippen molar-refractivity contribution in [1.82, 2.24) is 5.32 Å². The lowest BCUT2D eigenvalue weighted by molar-refractivity contribution is 0.228. The van der Waals surface area contributed by atoms with Crippen LogP contribution in [0.1, 0.15) is 30.9 Å². The van der Waals surface area contributed by atoms with Gasteiger partial charge in [0.05, 0.1) is 0 Å². The van der Waals surface area contributed by atoms with Gasteiger partial charge >= 0.3 is 0 Å². The Hall–Kier alpha value is -1.42. The molecule has 5 heteroatoms. The Kier molecular flexibility index (Phi) is 3.72. The van der Waals surface area contributed by atoms with E-state index in [0.29, 0.717) is 40.3 Å². The Bertz CT molecular complexity index is 856. The van der Waals surface area contributed by atoms with Crippen LogP contribution in [-0.2, 0) is 13.0 Å². The molecule has 0 saturated heterocycles. The van der Waals surface area contributed by atoms with Crippen molar-refractivity contribution < 1.29 is 9.47 Å². The highest BCUT2D eigenvalue weighted by atomic mass is 35.5. The van der Waals surface area contributed by atoms with Gasteiger partial charge in [-0.05, 0) is 48.4 Å². The first-order valence-corrected chi connectivity index (χ1v) is 9.83. The lowest BCUT2D eigenvalue weighted by atomic mass is 10.0. The normalized spacial score (nSPS) is 30.8. The minimum Gasteiger partial charge on any atom is -0.492 e. The average molecular weight is 390 g/mol. The molecule has 26 heavy (non-hydrogen) atoms. The maximum Gasteiger partial charge on any atom is 0.126 e. The van der Waals surface area contributed by atoms with Gasteiger partial charge in [0.1, 0.15) is 24.7 Å². The Morgan fingerprint density at radius 1 is 1.19 bits per heavy atom. The molecule has 3 nitrogen and oxygen atoms in total. The number of benzene rings is 2. The molecule has 0 radical (unpaired) electrons. The molecule has 3 aliphatic rings. The van der Waals surface area contributed by atoms with Crippen molar-refractivity contribution in [1.29, 1.82) is 0 Å². The summed E-state index contributed by atoms with van der Waals surface area (Å²) in [6.07, 6.45) is 3.64. The standard InChI is InChI=1S/C21H21Cl2NO2/c1-20-11-21(20,12-20)24-14-7-13-5-6-15(8-19(13)26-9-14)25-10-16-17(22)3-2-4-18(16)23/h2-6,8,14,24H,7,9-12H2,1H3. The first-order chi connectivity index (χ1) is 12.5. The fraction of sp³-hybridized carbons (Fsp3) is 0.429. The van der Waals surface area contributed by atoms with Crippen LogP contribution in [0, 0.1) is 5.41 Å². The van der Waals surface area contributed by atoms with Crippen molar-refractivity contribution in [2.45, 2.75) is 44.4 Å². The van der Waals surface area contributed by atoms with Crippen molar-refractivity contribution in [2.24, 2.45) is 5.41 Å². The van der Waals surface area contributed by atoms with Gasteiger partial charge in [0.2, 0.25) is 0 Å². The summed E-state index contributed by atoms with van der Waals surface area (Å²) < 4.78 is 11.9. The Morgan fingerprint density at radius 3 is 2.62 bits per heavy atom. The van der Waals surface area contributed by atoms with E-state index < -0.39 is 0 Å². The van der Waals surface area contributed by atoms with Crippen LogP contribution in [0.25, 0.3) is 0 Å². The summed E-state index contributed by atoms with van der Waals surface area (Å²) in [5.74, 6) is 1.68. The zero-order valence-corrected chi connectivity index (χ0v) is 16.2. The second-order valence-electron chi connectivity index (χ2n) is 8.11. The van der Waals surface area contributed by atoms with E-state index in [9.17, 15) is 0 Å². The number of ether oxygens (including phenoxy) is 2. The largest absolute Gasteiger partial charge is 0.492 e. The molecule has 0 amide bonds. The highest BCUT2D eigenvalue weighted by Crippen LogP contribution is 2.78. The van der Waals surface area contributed by atoms with Crippen LogP contribution in [0.2, 0.25) is 10.0 Å². The molecule has 5 rings (SSSR count). The van der Waals surface area contributed by atoms with Crippen LogP contribution in [0.15, 0.2) is 36.4 Å². The van der Waals surface area contributed by atoms with E-state index in [2.05, 4.69) is 18.3 Å². The summed E-state index contributed by atoms with van der Waals surface area (Å²) >= 11 is 12.4. The van der Waals surface area contributed by atoms with Crippen molar-refractivity contribution in [2.75, 3.05) is 6.61 Å². The topological polar surface area (TPSA) is 30.5 Å².